The van der Waals surface area contributed by atoms with E-state index in [-0.39, 0.29) is 5.75 Å². The molecule has 0 radical (unpaired) electrons. The maximum atomic E-state index is 11.7. The summed E-state index contributed by atoms with van der Waals surface area (Å²) < 4.78 is 0. The lowest BCUT2D eigenvalue weighted by molar-refractivity contribution is 0.477. The number of benzene rings is 9. The van der Waals surface area contributed by atoms with Crippen LogP contribution in [0.1, 0.15) is 0 Å². The van der Waals surface area contributed by atoms with Gasteiger partial charge in [0.15, 0.2) is 17.5 Å². The number of hydrogen-bond acceptors (Lipinski definition) is 4. The summed E-state index contributed by atoms with van der Waals surface area (Å²) in [4.78, 5) is 15.5. The van der Waals surface area contributed by atoms with Crippen molar-refractivity contribution < 1.29 is 5.11 Å². The Morgan fingerprint density at radius 1 is 0.291 bits per heavy atom. The number of hydrogen-bond donors (Lipinski definition) is 1. The quantitative estimate of drug-likeness (QED) is 0.175. The number of aromatic hydroxyl groups is 1. The zero-order valence-corrected chi connectivity index (χ0v) is 29.8. The van der Waals surface area contributed by atoms with Crippen molar-refractivity contribution in [3.63, 3.8) is 0 Å². The molecule has 10 rings (SSSR count). The molecule has 55 heavy (non-hydrogen) atoms. The molecule has 0 bridgehead atoms. The van der Waals surface area contributed by atoms with Gasteiger partial charge in [-0.15, -0.1) is 0 Å². The molecule has 0 saturated heterocycles. The van der Waals surface area contributed by atoms with E-state index in [0.717, 1.165) is 60.5 Å². The van der Waals surface area contributed by atoms with E-state index < -0.39 is 0 Å². The SMILES string of the molecule is Oc1cccc(-c2nc(-c3ccc4ccccc4c3)nc(-c3ccc4ccc5ccccc5c4c3)n2)c1-c1ccccc1-c1cccc(-c2ccccc2)c1. The van der Waals surface area contributed by atoms with Gasteiger partial charge in [-0.05, 0) is 84.4 Å². The molecule has 1 aromatic heterocycles. The second-order valence-electron chi connectivity index (χ2n) is 13.8. The molecule has 0 saturated carbocycles. The number of aromatic nitrogens is 3. The number of fused-ring (bicyclic) bond motifs is 4. The number of phenols is 1. The molecule has 0 fully saturated rings. The van der Waals surface area contributed by atoms with Gasteiger partial charge in [-0.1, -0.05) is 170 Å². The zero-order chi connectivity index (χ0) is 36.7. The average molecular weight is 704 g/mol. The van der Waals surface area contributed by atoms with Crippen LogP contribution in [-0.4, -0.2) is 20.1 Å². The summed E-state index contributed by atoms with van der Waals surface area (Å²) in [5, 5.41) is 18.6. The van der Waals surface area contributed by atoms with Crippen molar-refractivity contribution in [1.82, 2.24) is 15.0 Å². The molecular formula is C51H33N3O. The highest BCUT2D eigenvalue weighted by atomic mass is 16.3. The maximum Gasteiger partial charge on any atom is 0.164 e. The molecule has 0 aliphatic carbocycles. The van der Waals surface area contributed by atoms with Crippen molar-refractivity contribution in [3.8, 4) is 73.3 Å². The van der Waals surface area contributed by atoms with E-state index in [0.29, 0.717) is 28.6 Å². The fourth-order valence-corrected chi connectivity index (χ4v) is 7.68. The Balaban J connectivity index is 1.18. The highest BCUT2D eigenvalue weighted by Crippen LogP contribution is 2.43. The topological polar surface area (TPSA) is 58.9 Å². The third kappa shape index (κ3) is 5.96. The lowest BCUT2D eigenvalue weighted by atomic mass is 9.89. The lowest BCUT2D eigenvalue weighted by Crippen LogP contribution is -2.01. The maximum absolute atomic E-state index is 11.7. The molecule has 0 atom stereocenters. The summed E-state index contributed by atoms with van der Waals surface area (Å²) in [5.41, 5.74) is 8.33. The zero-order valence-electron chi connectivity index (χ0n) is 29.8. The van der Waals surface area contributed by atoms with E-state index in [2.05, 4.69) is 146 Å². The molecule has 258 valence electrons. The van der Waals surface area contributed by atoms with E-state index in [4.69, 9.17) is 15.0 Å². The third-order valence-electron chi connectivity index (χ3n) is 10.4. The summed E-state index contributed by atoms with van der Waals surface area (Å²) in [6, 6.07) is 66.5. The van der Waals surface area contributed by atoms with Crippen molar-refractivity contribution in [3.05, 3.63) is 194 Å². The van der Waals surface area contributed by atoms with Crippen LogP contribution < -0.4 is 0 Å². The van der Waals surface area contributed by atoms with Crippen molar-refractivity contribution in [2.45, 2.75) is 0 Å². The summed E-state index contributed by atoms with van der Waals surface area (Å²) in [5.74, 6) is 1.74. The first-order valence-corrected chi connectivity index (χ1v) is 18.4. The largest absolute Gasteiger partial charge is 0.507 e. The van der Waals surface area contributed by atoms with E-state index in [1.807, 2.05) is 42.5 Å². The van der Waals surface area contributed by atoms with Gasteiger partial charge in [-0.25, -0.2) is 15.0 Å². The van der Waals surface area contributed by atoms with Crippen molar-refractivity contribution >= 4 is 32.3 Å². The molecule has 9 aromatic carbocycles. The predicted molar refractivity (Wildman–Crippen MR) is 227 cm³/mol. The molecular weight excluding hydrogens is 671 g/mol. The van der Waals surface area contributed by atoms with E-state index in [9.17, 15) is 5.11 Å². The first-order chi connectivity index (χ1) is 27.2. The fraction of sp³-hybridized carbons (Fsp3) is 0. The van der Waals surface area contributed by atoms with Gasteiger partial charge in [0, 0.05) is 22.3 Å². The molecule has 0 aliphatic rings. The minimum Gasteiger partial charge on any atom is -0.507 e. The van der Waals surface area contributed by atoms with Crippen LogP contribution in [0.5, 0.6) is 5.75 Å². The first kappa shape index (κ1) is 32.2. The van der Waals surface area contributed by atoms with Gasteiger partial charge in [0.05, 0.1) is 0 Å². The average Bonchev–Trinajstić information content (AvgIpc) is 3.26. The summed E-state index contributed by atoms with van der Waals surface area (Å²) >= 11 is 0. The fourth-order valence-electron chi connectivity index (χ4n) is 7.68. The normalized spacial score (nSPS) is 11.3. The smallest absolute Gasteiger partial charge is 0.164 e. The van der Waals surface area contributed by atoms with Gasteiger partial charge in [-0.3, -0.25) is 0 Å². The molecule has 1 heterocycles. The van der Waals surface area contributed by atoms with Crippen LogP contribution in [-0.2, 0) is 0 Å². The van der Waals surface area contributed by atoms with Crippen LogP contribution in [0.2, 0.25) is 0 Å². The predicted octanol–water partition coefficient (Wildman–Crippen LogP) is 13.0. The van der Waals surface area contributed by atoms with Crippen LogP contribution in [0.3, 0.4) is 0 Å². The minimum atomic E-state index is 0.149. The Morgan fingerprint density at radius 2 is 0.836 bits per heavy atom. The van der Waals surface area contributed by atoms with E-state index in [1.54, 1.807) is 6.07 Å². The number of rotatable bonds is 6. The Hall–Kier alpha value is -7.43. The summed E-state index contributed by atoms with van der Waals surface area (Å²) in [6.07, 6.45) is 0. The Bertz CT molecular complexity index is 3060. The monoisotopic (exact) mass is 703 g/mol. The van der Waals surface area contributed by atoms with Gasteiger partial charge in [0.2, 0.25) is 0 Å². The second kappa shape index (κ2) is 13.5. The Labute approximate surface area is 318 Å². The van der Waals surface area contributed by atoms with Crippen LogP contribution >= 0.6 is 0 Å². The minimum absolute atomic E-state index is 0.149. The molecule has 0 unspecified atom stereocenters. The van der Waals surface area contributed by atoms with E-state index >= 15 is 0 Å². The summed E-state index contributed by atoms with van der Waals surface area (Å²) in [6.45, 7) is 0. The third-order valence-corrected chi connectivity index (χ3v) is 10.4. The highest BCUT2D eigenvalue weighted by molar-refractivity contribution is 6.08. The molecule has 4 heteroatoms. The van der Waals surface area contributed by atoms with Crippen LogP contribution in [0.25, 0.3) is 99.9 Å². The highest BCUT2D eigenvalue weighted by Gasteiger charge is 2.21. The molecule has 1 N–H and O–H groups in total. The number of nitrogens with zero attached hydrogens (tertiary/aromatic N) is 3. The standard InChI is InChI=1S/C51H33N3O/c55-47-23-11-22-45(48(47)44-21-9-8-20-43(44)39-18-10-17-38(30-39)33-12-2-1-3-13-33)51-53-49(40-28-24-34-14-4-5-16-37(34)31-40)52-50(54-51)41-29-27-36-26-25-35-15-6-7-19-42(35)46(36)32-41/h1-32,55H. The van der Waals surface area contributed by atoms with E-state index in [1.165, 1.54) is 10.8 Å². The molecule has 0 amide bonds. The van der Waals surface area contributed by atoms with Crippen LogP contribution in [0.4, 0.5) is 0 Å². The van der Waals surface area contributed by atoms with Gasteiger partial charge >= 0.3 is 0 Å². The molecule has 4 nitrogen and oxygen atoms in total. The van der Waals surface area contributed by atoms with Gasteiger partial charge in [0.25, 0.3) is 0 Å². The molecule has 10 aromatic rings. The second-order valence-corrected chi connectivity index (χ2v) is 13.8. The molecule has 0 spiro atoms. The Morgan fingerprint density at radius 3 is 1.65 bits per heavy atom. The van der Waals surface area contributed by atoms with Crippen molar-refractivity contribution in [2.75, 3.05) is 0 Å². The first-order valence-electron chi connectivity index (χ1n) is 18.4. The Kier molecular flexibility index (Phi) is 7.93. The lowest BCUT2D eigenvalue weighted by Gasteiger charge is -2.17. The summed E-state index contributed by atoms with van der Waals surface area (Å²) in [7, 11) is 0. The van der Waals surface area contributed by atoms with Gasteiger partial charge < -0.3 is 5.11 Å². The van der Waals surface area contributed by atoms with Crippen LogP contribution in [0.15, 0.2) is 194 Å². The van der Waals surface area contributed by atoms with Crippen molar-refractivity contribution in [1.29, 1.82) is 0 Å². The van der Waals surface area contributed by atoms with Gasteiger partial charge in [0.1, 0.15) is 5.75 Å². The molecule has 0 aliphatic heterocycles. The van der Waals surface area contributed by atoms with Gasteiger partial charge in [-0.2, -0.15) is 0 Å². The van der Waals surface area contributed by atoms with Crippen LogP contribution in [0, 0.1) is 0 Å². The van der Waals surface area contributed by atoms with Crippen molar-refractivity contribution in [2.24, 2.45) is 0 Å². The number of phenolic OH excluding ortho intramolecular Hbond substituents is 1.